The highest BCUT2D eigenvalue weighted by Gasteiger charge is 2.32. The lowest BCUT2D eigenvalue weighted by molar-refractivity contribution is 0.218. The molecule has 0 saturated heterocycles. The number of nitrogens with zero attached hydrogens (tertiary/aromatic N) is 2. The van der Waals surface area contributed by atoms with E-state index in [-0.39, 0.29) is 5.56 Å². The number of aromatic nitrogens is 2. The molecule has 0 aliphatic heterocycles. The molecule has 2 aromatic heterocycles. The second-order valence-corrected chi connectivity index (χ2v) is 11.3. The zero-order valence-corrected chi connectivity index (χ0v) is 19.5. The van der Waals surface area contributed by atoms with E-state index in [1.807, 2.05) is 22.8 Å². The third-order valence-corrected chi connectivity index (χ3v) is 8.31. The number of benzene rings is 1. The first-order chi connectivity index (χ1) is 13.9. The molecule has 3 nitrogen and oxygen atoms in total. The number of fused-ring (bicyclic) bond motifs is 3. The Hall–Kier alpha value is -1.59. The zero-order valence-electron chi connectivity index (χ0n) is 17.8. The minimum Gasteiger partial charge on any atom is -0.283 e. The number of thioether (sulfide) groups is 1. The van der Waals surface area contributed by atoms with Gasteiger partial charge in [0.15, 0.2) is 5.16 Å². The van der Waals surface area contributed by atoms with Gasteiger partial charge in [0, 0.05) is 10.6 Å². The molecule has 154 valence electrons. The lowest BCUT2D eigenvalue weighted by Crippen LogP contribution is -2.27. The van der Waals surface area contributed by atoms with E-state index in [0.29, 0.717) is 17.9 Å². The van der Waals surface area contributed by atoms with Crippen molar-refractivity contribution >= 4 is 33.3 Å². The molecule has 0 saturated carbocycles. The lowest BCUT2D eigenvalue weighted by Gasteiger charge is -2.33. The standard InChI is InChI=1S/C24H30N2OS2/c1-5-13-28-23-25-21-20(22(27)26(23)15-16-9-7-6-8-10-16)18-12-11-17(24(2,3)4)14-19(18)29-21/h6-10,17H,5,11-15H2,1-4H3/t17-/m0/s1. The van der Waals surface area contributed by atoms with Crippen LogP contribution in [-0.2, 0) is 19.4 Å². The Morgan fingerprint density at radius 1 is 1.24 bits per heavy atom. The first kappa shape index (κ1) is 20.7. The van der Waals surface area contributed by atoms with Gasteiger partial charge in [0.05, 0.1) is 11.9 Å². The van der Waals surface area contributed by atoms with Crippen molar-refractivity contribution in [3.63, 3.8) is 0 Å². The summed E-state index contributed by atoms with van der Waals surface area (Å²) in [5.41, 5.74) is 2.86. The molecule has 1 atom stereocenters. The van der Waals surface area contributed by atoms with E-state index in [4.69, 9.17) is 4.98 Å². The molecule has 4 rings (SSSR count). The highest BCUT2D eigenvalue weighted by molar-refractivity contribution is 7.99. The van der Waals surface area contributed by atoms with Gasteiger partial charge in [0.2, 0.25) is 0 Å². The minimum atomic E-state index is 0.143. The maximum absolute atomic E-state index is 13.6. The maximum atomic E-state index is 13.6. The van der Waals surface area contributed by atoms with Gasteiger partial charge in [-0.1, -0.05) is 69.8 Å². The van der Waals surface area contributed by atoms with Crippen molar-refractivity contribution in [3.8, 4) is 0 Å². The third kappa shape index (κ3) is 4.17. The van der Waals surface area contributed by atoms with Crippen molar-refractivity contribution in [2.45, 2.75) is 65.1 Å². The summed E-state index contributed by atoms with van der Waals surface area (Å²) in [5.74, 6) is 1.65. The van der Waals surface area contributed by atoms with E-state index >= 15 is 0 Å². The van der Waals surface area contributed by atoms with Crippen molar-refractivity contribution in [3.05, 3.63) is 56.7 Å². The number of hydrogen-bond donors (Lipinski definition) is 0. The molecular weight excluding hydrogens is 396 g/mol. The molecular formula is C24H30N2OS2. The summed E-state index contributed by atoms with van der Waals surface area (Å²) in [5, 5.41) is 1.74. The molecule has 1 aliphatic rings. The zero-order chi connectivity index (χ0) is 20.6. The lowest BCUT2D eigenvalue weighted by atomic mass is 9.72. The van der Waals surface area contributed by atoms with E-state index < -0.39 is 0 Å². The first-order valence-corrected chi connectivity index (χ1v) is 12.4. The Morgan fingerprint density at radius 3 is 2.69 bits per heavy atom. The van der Waals surface area contributed by atoms with Crippen molar-refractivity contribution in [1.82, 2.24) is 9.55 Å². The number of aryl methyl sites for hydroxylation is 1. The van der Waals surface area contributed by atoms with Gasteiger partial charge in [0.1, 0.15) is 4.83 Å². The summed E-state index contributed by atoms with van der Waals surface area (Å²) in [6.45, 7) is 9.76. The monoisotopic (exact) mass is 426 g/mol. The molecule has 0 radical (unpaired) electrons. The fourth-order valence-electron chi connectivity index (χ4n) is 4.19. The number of hydrogen-bond acceptors (Lipinski definition) is 4. The van der Waals surface area contributed by atoms with Gasteiger partial charge in [-0.25, -0.2) is 4.98 Å². The molecule has 5 heteroatoms. The summed E-state index contributed by atoms with van der Waals surface area (Å²) in [6.07, 6.45) is 4.31. The molecule has 3 aromatic rings. The van der Waals surface area contributed by atoms with Crippen LogP contribution in [0, 0.1) is 11.3 Å². The predicted molar refractivity (Wildman–Crippen MR) is 125 cm³/mol. The van der Waals surface area contributed by atoms with Gasteiger partial charge < -0.3 is 0 Å². The minimum absolute atomic E-state index is 0.143. The van der Waals surface area contributed by atoms with E-state index in [9.17, 15) is 4.79 Å². The molecule has 1 aliphatic carbocycles. The van der Waals surface area contributed by atoms with Crippen LogP contribution >= 0.6 is 23.1 Å². The first-order valence-electron chi connectivity index (χ1n) is 10.6. The number of rotatable bonds is 5. The van der Waals surface area contributed by atoms with Crippen LogP contribution in [0.2, 0.25) is 0 Å². The molecule has 2 heterocycles. The summed E-state index contributed by atoms with van der Waals surface area (Å²) in [7, 11) is 0. The predicted octanol–water partition coefficient (Wildman–Crippen LogP) is 6.16. The second kappa shape index (κ2) is 8.27. The van der Waals surface area contributed by atoms with Crippen LogP contribution in [0.4, 0.5) is 0 Å². The SMILES string of the molecule is CCCSc1nc2sc3c(c2c(=O)n1Cc1ccccc1)CC[C@H](C(C)(C)C)C3. The van der Waals surface area contributed by atoms with Crippen LogP contribution in [-0.4, -0.2) is 15.3 Å². The van der Waals surface area contributed by atoms with Crippen LogP contribution in [0.15, 0.2) is 40.3 Å². The molecule has 0 N–H and O–H groups in total. The van der Waals surface area contributed by atoms with E-state index in [1.54, 1.807) is 23.1 Å². The van der Waals surface area contributed by atoms with Gasteiger partial charge in [-0.15, -0.1) is 11.3 Å². The normalized spacial score (nSPS) is 16.9. The van der Waals surface area contributed by atoms with Gasteiger partial charge in [0.25, 0.3) is 5.56 Å². The summed E-state index contributed by atoms with van der Waals surface area (Å²) in [4.78, 5) is 21.0. The molecule has 1 aromatic carbocycles. The molecule has 0 unspecified atom stereocenters. The van der Waals surface area contributed by atoms with Gasteiger partial charge >= 0.3 is 0 Å². The Bertz CT molecular complexity index is 1060. The van der Waals surface area contributed by atoms with Gasteiger partial charge in [-0.2, -0.15) is 0 Å². The quantitative estimate of drug-likeness (QED) is 0.362. The largest absolute Gasteiger partial charge is 0.283 e. The van der Waals surface area contributed by atoms with Gasteiger partial charge in [-0.05, 0) is 48.1 Å². The van der Waals surface area contributed by atoms with Crippen molar-refractivity contribution < 1.29 is 0 Å². The fraction of sp³-hybridized carbons (Fsp3) is 0.500. The Labute approximate surface area is 181 Å². The Balaban J connectivity index is 1.82. The topological polar surface area (TPSA) is 34.9 Å². The second-order valence-electron chi connectivity index (χ2n) is 9.11. The van der Waals surface area contributed by atoms with Crippen molar-refractivity contribution in [2.75, 3.05) is 5.75 Å². The highest BCUT2D eigenvalue weighted by atomic mass is 32.2. The summed E-state index contributed by atoms with van der Waals surface area (Å²) in [6, 6.07) is 10.2. The third-order valence-electron chi connectivity index (χ3n) is 5.98. The molecule has 0 fully saturated rings. The smallest absolute Gasteiger partial charge is 0.263 e. The molecule has 0 amide bonds. The van der Waals surface area contributed by atoms with Crippen LogP contribution in [0.1, 0.15) is 56.5 Å². The summed E-state index contributed by atoms with van der Waals surface area (Å²) >= 11 is 3.46. The molecule has 0 bridgehead atoms. The Morgan fingerprint density at radius 2 is 2.00 bits per heavy atom. The average Bonchev–Trinajstić information content (AvgIpc) is 3.06. The van der Waals surface area contributed by atoms with Crippen LogP contribution < -0.4 is 5.56 Å². The Kier molecular flexibility index (Phi) is 5.90. The van der Waals surface area contributed by atoms with E-state index in [2.05, 4.69) is 39.8 Å². The van der Waals surface area contributed by atoms with Crippen molar-refractivity contribution in [2.24, 2.45) is 11.3 Å². The average molecular weight is 427 g/mol. The van der Waals surface area contributed by atoms with Gasteiger partial charge in [-0.3, -0.25) is 9.36 Å². The summed E-state index contributed by atoms with van der Waals surface area (Å²) < 4.78 is 1.90. The van der Waals surface area contributed by atoms with Crippen molar-refractivity contribution in [1.29, 1.82) is 0 Å². The van der Waals surface area contributed by atoms with E-state index in [1.165, 1.54) is 10.4 Å². The van der Waals surface area contributed by atoms with E-state index in [0.717, 1.165) is 52.4 Å². The number of thiophene rings is 1. The molecule has 0 spiro atoms. The maximum Gasteiger partial charge on any atom is 0.263 e. The van der Waals surface area contributed by atoms with Crippen LogP contribution in [0.5, 0.6) is 0 Å². The fourth-order valence-corrected chi connectivity index (χ4v) is 6.38. The highest BCUT2D eigenvalue weighted by Crippen LogP contribution is 2.42. The molecule has 29 heavy (non-hydrogen) atoms. The van der Waals surface area contributed by atoms with Crippen LogP contribution in [0.3, 0.4) is 0 Å². The van der Waals surface area contributed by atoms with Crippen LogP contribution in [0.25, 0.3) is 10.2 Å².